The minimum Gasteiger partial charge on any atom is -0.272 e. The Morgan fingerprint density at radius 2 is 2.40 bits per heavy atom. The van der Waals surface area contributed by atoms with Crippen LogP contribution in [0.2, 0.25) is 5.02 Å². The van der Waals surface area contributed by atoms with Crippen LogP contribution < -0.4 is 5.06 Å². The molecule has 1 aromatic rings. The van der Waals surface area contributed by atoms with Crippen LogP contribution in [0.3, 0.4) is 0 Å². The van der Waals surface area contributed by atoms with Gasteiger partial charge in [0.05, 0.1) is 17.2 Å². The number of aromatic nitrogens is 1. The topological polar surface area (TPSA) is 49.2 Å². The average molecular weight is 224 g/mol. The molecule has 15 heavy (non-hydrogen) atoms. The Morgan fingerprint density at radius 1 is 1.53 bits per heavy atom. The van der Waals surface area contributed by atoms with Gasteiger partial charge in [-0.2, -0.15) is 5.26 Å². The Labute approximate surface area is 93.0 Å². The van der Waals surface area contributed by atoms with E-state index in [2.05, 4.69) is 4.98 Å². The van der Waals surface area contributed by atoms with Crippen LogP contribution in [0, 0.1) is 11.3 Å². The number of hydroxylamine groups is 1. The Kier molecular flexibility index (Phi) is 3.05. The molecule has 1 aliphatic rings. The highest BCUT2D eigenvalue weighted by atomic mass is 35.5. The maximum Gasteiger partial charge on any atom is 0.171 e. The normalized spacial score (nSPS) is 16.1. The molecule has 0 unspecified atom stereocenters. The molecule has 0 aromatic carbocycles. The van der Waals surface area contributed by atoms with Crippen molar-refractivity contribution in [1.82, 2.24) is 4.98 Å². The van der Waals surface area contributed by atoms with E-state index in [0.717, 1.165) is 19.4 Å². The summed E-state index contributed by atoms with van der Waals surface area (Å²) in [7, 11) is 0. The fraction of sp³-hybridized carbons (Fsp3) is 0.400. The first-order valence-electron chi connectivity index (χ1n) is 4.77. The Bertz CT molecular complexity index is 396. The summed E-state index contributed by atoms with van der Waals surface area (Å²) in [5, 5.41) is 10.8. The second-order valence-corrected chi connectivity index (χ2v) is 3.69. The highest BCUT2D eigenvalue weighted by Gasteiger charge is 2.16. The lowest BCUT2D eigenvalue weighted by Crippen LogP contribution is -2.30. The lowest BCUT2D eigenvalue weighted by molar-refractivity contribution is 0.0762. The molecular formula is C10H10ClN3O. The van der Waals surface area contributed by atoms with Crippen molar-refractivity contribution in [2.45, 2.75) is 12.8 Å². The Morgan fingerprint density at radius 3 is 3.00 bits per heavy atom. The average Bonchev–Trinajstić information content (AvgIpc) is 2.30. The second-order valence-electron chi connectivity index (χ2n) is 3.28. The zero-order chi connectivity index (χ0) is 10.7. The predicted molar refractivity (Wildman–Crippen MR) is 56.5 cm³/mol. The van der Waals surface area contributed by atoms with Gasteiger partial charge in [0.1, 0.15) is 6.07 Å². The van der Waals surface area contributed by atoms with E-state index in [1.165, 1.54) is 6.20 Å². The number of halogens is 1. The highest BCUT2D eigenvalue weighted by Crippen LogP contribution is 2.25. The number of pyridine rings is 1. The molecule has 2 rings (SSSR count). The monoisotopic (exact) mass is 223 g/mol. The third kappa shape index (κ3) is 2.20. The van der Waals surface area contributed by atoms with Gasteiger partial charge in [0.15, 0.2) is 5.82 Å². The van der Waals surface area contributed by atoms with Gasteiger partial charge >= 0.3 is 0 Å². The van der Waals surface area contributed by atoms with Crippen molar-refractivity contribution in [3.63, 3.8) is 0 Å². The van der Waals surface area contributed by atoms with Crippen molar-refractivity contribution in [3.8, 4) is 6.07 Å². The quantitative estimate of drug-likeness (QED) is 0.732. The van der Waals surface area contributed by atoms with Gasteiger partial charge in [-0.15, -0.1) is 0 Å². The first-order chi connectivity index (χ1) is 7.31. The molecule has 1 fully saturated rings. The summed E-state index contributed by atoms with van der Waals surface area (Å²) in [6, 6.07) is 3.59. The molecule has 0 amide bonds. The number of rotatable bonds is 1. The molecule has 78 valence electrons. The molecule has 0 bridgehead atoms. The molecule has 1 aliphatic heterocycles. The standard InChI is InChI=1S/C10H10ClN3O/c11-9-5-8(6-12)7-13-10(9)14-3-1-2-4-15-14/h5,7H,1-4H2. The smallest absolute Gasteiger partial charge is 0.171 e. The number of nitriles is 1. The van der Waals surface area contributed by atoms with Crippen LogP contribution in [-0.4, -0.2) is 18.1 Å². The molecule has 0 saturated carbocycles. The predicted octanol–water partition coefficient (Wildman–Crippen LogP) is 2.14. The summed E-state index contributed by atoms with van der Waals surface area (Å²) in [4.78, 5) is 9.54. The SMILES string of the molecule is N#Cc1cnc(N2CCCCO2)c(Cl)c1. The van der Waals surface area contributed by atoms with Gasteiger partial charge in [-0.25, -0.2) is 10.0 Å². The van der Waals surface area contributed by atoms with E-state index in [0.29, 0.717) is 23.0 Å². The molecule has 1 aromatic heterocycles. The van der Waals surface area contributed by atoms with Crippen molar-refractivity contribution in [3.05, 3.63) is 22.8 Å². The van der Waals surface area contributed by atoms with Crippen LogP contribution in [0.4, 0.5) is 5.82 Å². The largest absolute Gasteiger partial charge is 0.272 e. The van der Waals surface area contributed by atoms with E-state index in [-0.39, 0.29) is 0 Å². The van der Waals surface area contributed by atoms with Gasteiger partial charge in [0.2, 0.25) is 0 Å². The first-order valence-corrected chi connectivity index (χ1v) is 5.15. The van der Waals surface area contributed by atoms with E-state index >= 15 is 0 Å². The molecule has 0 radical (unpaired) electrons. The van der Waals surface area contributed by atoms with Gasteiger partial charge in [-0.05, 0) is 18.9 Å². The van der Waals surface area contributed by atoms with Gasteiger partial charge in [0, 0.05) is 12.7 Å². The maximum atomic E-state index is 8.67. The lowest BCUT2D eigenvalue weighted by atomic mass is 10.3. The van der Waals surface area contributed by atoms with E-state index in [1.807, 2.05) is 6.07 Å². The highest BCUT2D eigenvalue weighted by molar-refractivity contribution is 6.33. The summed E-state index contributed by atoms with van der Waals surface area (Å²) < 4.78 is 0. The third-order valence-electron chi connectivity index (χ3n) is 2.19. The summed E-state index contributed by atoms with van der Waals surface area (Å²) >= 11 is 6.01. The van der Waals surface area contributed by atoms with Crippen LogP contribution in [0.5, 0.6) is 0 Å². The zero-order valence-corrected chi connectivity index (χ0v) is 8.87. The zero-order valence-electron chi connectivity index (χ0n) is 8.11. The minimum absolute atomic E-state index is 0.455. The minimum atomic E-state index is 0.455. The molecule has 0 N–H and O–H groups in total. The second kappa shape index (κ2) is 4.47. The van der Waals surface area contributed by atoms with Crippen molar-refractivity contribution >= 4 is 17.4 Å². The van der Waals surface area contributed by atoms with Crippen LogP contribution in [0.15, 0.2) is 12.3 Å². The van der Waals surface area contributed by atoms with Crippen molar-refractivity contribution < 1.29 is 4.84 Å². The molecule has 5 heteroatoms. The fourth-order valence-electron chi connectivity index (χ4n) is 1.44. The summed E-state index contributed by atoms with van der Waals surface area (Å²) in [6.07, 6.45) is 3.63. The molecular weight excluding hydrogens is 214 g/mol. The number of nitrogens with zero attached hydrogens (tertiary/aromatic N) is 3. The molecule has 0 aliphatic carbocycles. The van der Waals surface area contributed by atoms with Gasteiger partial charge in [-0.1, -0.05) is 11.6 Å². The molecule has 4 nitrogen and oxygen atoms in total. The van der Waals surface area contributed by atoms with Crippen molar-refractivity contribution in [1.29, 1.82) is 5.26 Å². The Hall–Kier alpha value is -1.31. The Balaban J connectivity index is 2.24. The molecule has 2 heterocycles. The lowest BCUT2D eigenvalue weighted by Gasteiger charge is -2.27. The molecule has 0 atom stereocenters. The number of hydrogen-bond donors (Lipinski definition) is 0. The summed E-state index contributed by atoms with van der Waals surface area (Å²) in [5.41, 5.74) is 0.459. The van der Waals surface area contributed by atoms with E-state index in [9.17, 15) is 0 Å². The summed E-state index contributed by atoms with van der Waals surface area (Å²) in [6.45, 7) is 1.48. The van der Waals surface area contributed by atoms with Crippen LogP contribution in [0.1, 0.15) is 18.4 Å². The van der Waals surface area contributed by atoms with Crippen molar-refractivity contribution in [2.24, 2.45) is 0 Å². The maximum absolute atomic E-state index is 8.67. The number of anilines is 1. The molecule has 1 saturated heterocycles. The first kappa shape index (κ1) is 10.2. The number of hydrogen-bond acceptors (Lipinski definition) is 4. The van der Waals surface area contributed by atoms with Gasteiger partial charge < -0.3 is 0 Å². The third-order valence-corrected chi connectivity index (χ3v) is 2.47. The summed E-state index contributed by atoms with van der Waals surface area (Å²) in [5.74, 6) is 0.593. The van der Waals surface area contributed by atoms with E-state index in [4.69, 9.17) is 21.7 Å². The fourth-order valence-corrected chi connectivity index (χ4v) is 1.70. The van der Waals surface area contributed by atoms with Gasteiger partial charge in [-0.3, -0.25) is 4.84 Å². The van der Waals surface area contributed by atoms with Gasteiger partial charge in [0.25, 0.3) is 0 Å². The van der Waals surface area contributed by atoms with E-state index in [1.54, 1.807) is 11.1 Å². The van der Waals surface area contributed by atoms with Crippen LogP contribution in [-0.2, 0) is 4.84 Å². The van der Waals surface area contributed by atoms with Crippen LogP contribution >= 0.6 is 11.6 Å². The van der Waals surface area contributed by atoms with Crippen molar-refractivity contribution in [2.75, 3.05) is 18.2 Å². The molecule has 0 spiro atoms. The van der Waals surface area contributed by atoms with E-state index < -0.39 is 0 Å². The van der Waals surface area contributed by atoms with Crippen LogP contribution in [0.25, 0.3) is 0 Å².